The van der Waals surface area contributed by atoms with Gasteiger partial charge in [-0.1, -0.05) is 64.8 Å². The van der Waals surface area contributed by atoms with Crippen molar-refractivity contribution in [1.29, 1.82) is 0 Å². The van der Waals surface area contributed by atoms with Crippen LogP contribution in [0.4, 0.5) is 4.39 Å². The van der Waals surface area contributed by atoms with E-state index in [1.807, 2.05) is 42.7 Å². The number of aromatic nitrogens is 3. The molecule has 1 aromatic heterocycles. The molecule has 1 unspecified atom stereocenters. The summed E-state index contributed by atoms with van der Waals surface area (Å²) in [6.45, 7) is 3.85. The molecule has 0 aliphatic carbocycles. The van der Waals surface area contributed by atoms with E-state index in [0.717, 1.165) is 16.8 Å². The molecule has 0 aliphatic rings. The lowest BCUT2D eigenvalue weighted by Crippen LogP contribution is -2.28. The highest BCUT2D eigenvalue weighted by Gasteiger charge is 2.22. The minimum atomic E-state index is -0.459. The average Bonchev–Trinajstić information content (AvgIpc) is 3.22. The molecular formula is C25H21Cl2FN4OS. The summed E-state index contributed by atoms with van der Waals surface area (Å²) in [5.74, 6) is 0.568. The molecule has 9 heteroatoms. The molecule has 0 saturated heterocycles. The Labute approximate surface area is 211 Å². The number of nitrogens with zero attached hydrogens (tertiary/aromatic N) is 3. The number of rotatable bonds is 7. The third kappa shape index (κ3) is 5.78. The highest BCUT2D eigenvalue weighted by molar-refractivity contribution is 7.98. The average molecular weight is 515 g/mol. The first kappa shape index (κ1) is 24.3. The van der Waals surface area contributed by atoms with Crippen LogP contribution in [0.2, 0.25) is 10.0 Å². The highest BCUT2D eigenvalue weighted by atomic mass is 35.5. The maximum Gasteiger partial charge on any atom is 0.251 e. The Morgan fingerprint density at radius 2 is 1.68 bits per heavy atom. The molecule has 1 N–H and O–H groups in total. The van der Waals surface area contributed by atoms with Crippen LogP contribution in [0.15, 0.2) is 71.9 Å². The van der Waals surface area contributed by atoms with Crippen molar-refractivity contribution in [3.8, 4) is 5.69 Å². The second kappa shape index (κ2) is 10.6. The largest absolute Gasteiger partial charge is 0.342 e. The van der Waals surface area contributed by atoms with E-state index in [1.165, 1.54) is 23.9 Å². The van der Waals surface area contributed by atoms with Gasteiger partial charge < -0.3 is 5.32 Å². The minimum absolute atomic E-state index is 0.274. The molecule has 0 radical (unpaired) electrons. The molecule has 0 aliphatic heterocycles. The quantitative estimate of drug-likeness (QED) is 0.275. The lowest BCUT2D eigenvalue weighted by atomic mass is 10.2. The summed E-state index contributed by atoms with van der Waals surface area (Å²) in [6, 6.07) is 18.6. The van der Waals surface area contributed by atoms with Crippen LogP contribution in [0.3, 0.4) is 0 Å². The fourth-order valence-electron chi connectivity index (χ4n) is 3.35. The molecule has 4 aromatic rings. The van der Waals surface area contributed by atoms with Gasteiger partial charge in [0.25, 0.3) is 5.91 Å². The smallest absolute Gasteiger partial charge is 0.251 e. The van der Waals surface area contributed by atoms with Crippen molar-refractivity contribution < 1.29 is 9.18 Å². The van der Waals surface area contributed by atoms with Crippen molar-refractivity contribution in [2.75, 3.05) is 0 Å². The van der Waals surface area contributed by atoms with E-state index in [9.17, 15) is 9.18 Å². The van der Waals surface area contributed by atoms with Gasteiger partial charge in [0, 0.05) is 27.0 Å². The molecule has 1 amide bonds. The van der Waals surface area contributed by atoms with Crippen LogP contribution < -0.4 is 5.32 Å². The fourth-order valence-corrected chi connectivity index (χ4v) is 4.79. The molecule has 1 atom stereocenters. The first-order valence-corrected chi connectivity index (χ1v) is 12.2. The number of benzene rings is 3. The van der Waals surface area contributed by atoms with Crippen LogP contribution in [-0.4, -0.2) is 20.7 Å². The van der Waals surface area contributed by atoms with Gasteiger partial charge in [-0.05, 0) is 61.9 Å². The number of hydrogen-bond donors (Lipinski definition) is 1. The fraction of sp³-hybridized carbons (Fsp3) is 0.160. The van der Waals surface area contributed by atoms with E-state index < -0.39 is 6.04 Å². The predicted octanol–water partition coefficient (Wildman–Crippen LogP) is 6.80. The van der Waals surface area contributed by atoms with Gasteiger partial charge in [-0.2, -0.15) is 0 Å². The number of nitrogens with one attached hydrogen (secondary N) is 1. The summed E-state index contributed by atoms with van der Waals surface area (Å²) >= 11 is 13.6. The molecule has 4 rings (SSSR count). The molecule has 1 heterocycles. The Morgan fingerprint density at radius 3 is 2.32 bits per heavy atom. The van der Waals surface area contributed by atoms with Gasteiger partial charge in [0.2, 0.25) is 0 Å². The van der Waals surface area contributed by atoms with E-state index in [4.69, 9.17) is 23.2 Å². The summed E-state index contributed by atoms with van der Waals surface area (Å²) in [7, 11) is 0. The van der Waals surface area contributed by atoms with E-state index in [1.54, 1.807) is 30.3 Å². The van der Waals surface area contributed by atoms with E-state index >= 15 is 0 Å². The summed E-state index contributed by atoms with van der Waals surface area (Å²) < 4.78 is 15.2. The Morgan fingerprint density at radius 1 is 1.03 bits per heavy atom. The predicted molar refractivity (Wildman–Crippen MR) is 134 cm³/mol. The van der Waals surface area contributed by atoms with Crippen LogP contribution >= 0.6 is 35.0 Å². The van der Waals surface area contributed by atoms with Crippen LogP contribution in [0.5, 0.6) is 0 Å². The monoisotopic (exact) mass is 514 g/mol. The second-order valence-electron chi connectivity index (χ2n) is 7.78. The van der Waals surface area contributed by atoms with Crippen molar-refractivity contribution in [3.63, 3.8) is 0 Å². The summed E-state index contributed by atoms with van der Waals surface area (Å²) in [5, 5.41) is 13.2. The number of amides is 1. The Bertz CT molecular complexity index is 1290. The number of thioether (sulfide) groups is 1. The summed E-state index contributed by atoms with van der Waals surface area (Å²) in [4.78, 5) is 12.8. The zero-order chi connectivity index (χ0) is 24.2. The first-order valence-electron chi connectivity index (χ1n) is 10.5. The zero-order valence-electron chi connectivity index (χ0n) is 18.4. The molecule has 34 heavy (non-hydrogen) atoms. The molecule has 0 fully saturated rings. The van der Waals surface area contributed by atoms with Gasteiger partial charge in [0.15, 0.2) is 11.0 Å². The first-order chi connectivity index (χ1) is 16.3. The van der Waals surface area contributed by atoms with Gasteiger partial charge in [0.05, 0.1) is 6.04 Å². The lowest BCUT2D eigenvalue weighted by molar-refractivity contribution is 0.0938. The third-order valence-corrected chi connectivity index (χ3v) is 6.53. The number of hydrogen-bond acceptors (Lipinski definition) is 4. The van der Waals surface area contributed by atoms with E-state index in [-0.39, 0.29) is 11.7 Å². The topological polar surface area (TPSA) is 59.8 Å². The highest BCUT2D eigenvalue weighted by Crippen LogP contribution is 2.28. The number of carbonyl (C=O) groups excluding carboxylic acids is 1. The van der Waals surface area contributed by atoms with Crippen molar-refractivity contribution in [3.05, 3.63) is 105 Å². The molecule has 5 nitrogen and oxygen atoms in total. The SMILES string of the molecule is Cc1ccc(-n2c(SCc3ccc(F)cc3)nnc2C(C)NC(=O)c2cc(Cl)cc(Cl)c2)cc1. The van der Waals surface area contributed by atoms with Crippen LogP contribution in [0.25, 0.3) is 5.69 Å². The molecule has 0 spiro atoms. The van der Waals surface area contributed by atoms with Crippen molar-refractivity contribution in [2.45, 2.75) is 30.8 Å². The third-order valence-electron chi connectivity index (χ3n) is 5.09. The normalized spacial score (nSPS) is 11.9. The van der Waals surface area contributed by atoms with Crippen molar-refractivity contribution >= 4 is 40.9 Å². The van der Waals surface area contributed by atoms with Gasteiger partial charge in [-0.15, -0.1) is 10.2 Å². The van der Waals surface area contributed by atoms with Crippen LogP contribution in [0.1, 0.15) is 40.3 Å². The maximum absolute atomic E-state index is 13.2. The van der Waals surface area contributed by atoms with Gasteiger partial charge in [-0.3, -0.25) is 9.36 Å². The standard InChI is InChI=1S/C25H21Cl2FN4OS/c1-15-3-9-22(10-4-15)32-23(16(2)29-24(33)18-11-19(26)13-20(27)12-18)30-31-25(32)34-14-17-5-7-21(28)8-6-17/h3-13,16H,14H2,1-2H3,(H,29,33). The summed E-state index contributed by atoms with van der Waals surface area (Å²) in [5.41, 5.74) is 3.32. The number of carbonyl (C=O) groups is 1. The van der Waals surface area contributed by atoms with Crippen molar-refractivity contribution in [2.24, 2.45) is 0 Å². The molecule has 174 valence electrons. The number of aryl methyl sites for hydroxylation is 1. The van der Waals surface area contributed by atoms with Crippen LogP contribution in [-0.2, 0) is 5.75 Å². The Kier molecular flexibility index (Phi) is 7.56. The Balaban J connectivity index is 1.62. The minimum Gasteiger partial charge on any atom is -0.342 e. The van der Waals surface area contributed by atoms with E-state index in [0.29, 0.717) is 32.3 Å². The Hall–Kier alpha value is -2.87. The molecule has 3 aromatic carbocycles. The van der Waals surface area contributed by atoms with E-state index in [2.05, 4.69) is 15.5 Å². The lowest BCUT2D eigenvalue weighted by Gasteiger charge is -2.17. The van der Waals surface area contributed by atoms with Gasteiger partial charge in [-0.25, -0.2) is 4.39 Å². The number of halogens is 3. The maximum atomic E-state index is 13.2. The molecular weight excluding hydrogens is 494 g/mol. The summed E-state index contributed by atoms with van der Waals surface area (Å²) in [6.07, 6.45) is 0. The zero-order valence-corrected chi connectivity index (χ0v) is 20.8. The molecule has 0 saturated carbocycles. The van der Waals surface area contributed by atoms with Crippen molar-refractivity contribution in [1.82, 2.24) is 20.1 Å². The van der Waals surface area contributed by atoms with Crippen LogP contribution in [0, 0.1) is 12.7 Å². The second-order valence-corrected chi connectivity index (χ2v) is 9.60. The van der Waals surface area contributed by atoms with Gasteiger partial charge >= 0.3 is 0 Å². The molecule has 0 bridgehead atoms. The van der Waals surface area contributed by atoms with Gasteiger partial charge in [0.1, 0.15) is 5.82 Å².